The van der Waals surface area contributed by atoms with E-state index in [-0.39, 0.29) is 18.4 Å². The van der Waals surface area contributed by atoms with Crippen molar-refractivity contribution in [2.75, 3.05) is 19.6 Å². The lowest BCUT2D eigenvalue weighted by Crippen LogP contribution is -2.40. The number of aryl methyl sites for hydroxylation is 1. The Morgan fingerprint density at radius 3 is 2.32 bits per heavy atom. The van der Waals surface area contributed by atoms with Gasteiger partial charge in [-0.25, -0.2) is 4.68 Å². The van der Waals surface area contributed by atoms with Crippen molar-refractivity contribution < 1.29 is 9.59 Å². The first-order chi connectivity index (χ1) is 11.9. The van der Waals surface area contributed by atoms with Crippen LogP contribution in [0.2, 0.25) is 5.02 Å². The molecule has 0 radical (unpaired) electrons. The number of carbonyl (C=O) groups excluding carboxylic acids is 2. The molecule has 1 heterocycles. The number of carbonyl (C=O) groups is 2. The van der Waals surface area contributed by atoms with Crippen LogP contribution in [-0.2, 0) is 4.79 Å². The fraction of sp³-hybridized carbons (Fsp3) is 0.389. The molecule has 0 fully saturated rings. The van der Waals surface area contributed by atoms with Gasteiger partial charge in [0.1, 0.15) is 0 Å². The fourth-order valence-electron chi connectivity index (χ4n) is 2.56. The molecule has 6 nitrogen and oxygen atoms in total. The molecule has 134 valence electrons. The van der Waals surface area contributed by atoms with Gasteiger partial charge in [0.2, 0.25) is 5.91 Å². The molecule has 1 aromatic heterocycles. The van der Waals surface area contributed by atoms with Crippen LogP contribution in [0.5, 0.6) is 0 Å². The Hall–Kier alpha value is -2.34. The highest BCUT2D eigenvalue weighted by atomic mass is 35.5. The van der Waals surface area contributed by atoms with Crippen LogP contribution >= 0.6 is 11.6 Å². The van der Waals surface area contributed by atoms with E-state index in [0.29, 0.717) is 23.7 Å². The zero-order valence-electron chi connectivity index (χ0n) is 15.0. The molecule has 25 heavy (non-hydrogen) atoms. The summed E-state index contributed by atoms with van der Waals surface area (Å²) in [6.45, 7) is 8.51. The summed E-state index contributed by atoms with van der Waals surface area (Å²) in [4.78, 5) is 25.8. The van der Waals surface area contributed by atoms with Gasteiger partial charge in [-0.15, -0.1) is 0 Å². The first-order valence-corrected chi connectivity index (χ1v) is 8.64. The average Bonchev–Trinajstić information content (AvgIpc) is 2.87. The summed E-state index contributed by atoms with van der Waals surface area (Å²) >= 11 is 6.18. The van der Waals surface area contributed by atoms with E-state index in [9.17, 15) is 9.59 Å². The van der Waals surface area contributed by atoms with E-state index < -0.39 is 0 Å². The number of rotatable bonds is 6. The van der Waals surface area contributed by atoms with E-state index in [4.69, 9.17) is 11.6 Å². The molecule has 0 saturated heterocycles. The predicted octanol–water partition coefficient (Wildman–Crippen LogP) is 2.74. The number of hydrogen-bond acceptors (Lipinski definition) is 3. The minimum Gasteiger partial charge on any atom is -0.355 e. The lowest BCUT2D eigenvalue weighted by molar-refractivity contribution is -0.121. The lowest BCUT2D eigenvalue weighted by atomic mass is 10.1. The SMILES string of the molecule is CCNC(=O)CN(CC)C(=O)c1ccc(-n2nc(C)c(Cl)c2C)cc1. The van der Waals surface area contributed by atoms with E-state index in [1.165, 1.54) is 4.90 Å². The molecular weight excluding hydrogens is 340 g/mol. The molecule has 0 atom stereocenters. The maximum atomic E-state index is 12.6. The van der Waals surface area contributed by atoms with Crippen molar-refractivity contribution in [1.82, 2.24) is 20.0 Å². The van der Waals surface area contributed by atoms with Gasteiger partial charge in [-0.3, -0.25) is 9.59 Å². The molecule has 1 aromatic carbocycles. The van der Waals surface area contributed by atoms with Crippen molar-refractivity contribution in [1.29, 1.82) is 0 Å². The molecule has 0 unspecified atom stereocenters. The van der Waals surface area contributed by atoms with Crippen LogP contribution in [0.1, 0.15) is 35.6 Å². The number of halogens is 1. The molecule has 0 bridgehead atoms. The van der Waals surface area contributed by atoms with Gasteiger partial charge >= 0.3 is 0 Å². The van der Waals surface area contributed by atoms with Crippen LogP contribution in [-0.4, -0.2) is 46.1 Å². The van der Waals surface area contributed by atoms with Crippen molar-refractivity contribution >= 4 is 23.4 Å². The maximum Gasteiger partial charge on any atom is 0.254 e. The Kier molecular flexibility index (Phi) is 6.20. The summed E-state index contributed by atoms with van der Waals surface area (Å²) in [5, 5.41) is 7.74. The van der Waals surface area contributed by atoms with Crippen LogP contribution in [0.15, 0.2) is 24.3 Å². The maximum absolute atomic E-state index is 12.6. The Balaban J connectivity index is 2.19. The Morgan fingerprint density at radius 2 is 1.84 bits per heavy atom. The molecular formula is C18H23ClN4O2. The Morgan fingerprint density at radius 1 is 1.20 bits per heavy atom. The summed E-state index contributed by atoms with van der Waals surface area (Å²) in [6, 6.07) is 7.12. The molecule has 2 aromatic rings. The molecule has 1 N–H and O–H groups in total. The highest BCUT2D eigenvalue weighted by molar-refractivity contribution is 6.31. The monoisotopic (exact) mass is 362 g/mol. The Bertz CT molecular complexity index is 768. The second kappa shape index (κ2) is 8.16. The largest absolute Gasteiger partial charge is 0.355 e. The van der Waals surface area contributed by atoms with Gasteiger partial charge in [-0.2, -0.15) is 5.10 Å². The smallest absolute Gasteiger partial charge is 0.254 e. The summed E-state index contributed by atoms with van der Waals surface area (Å²) in [7, 11) is 0. The molecule has 0 aliphatic rings. The van der Waals surface area contributed by atoms with Gasteiger partial charge < -0.3 is 10.2 Å². The zero-order valence-corrected chi connectivity index (χ0v) is 15.7. The topological polar surface area (TPSA) is 67.2 Å². The van der Waals surface area contributed by atoms with Gasteiger partial charge in [-0.05, 0) is 52.0 Å². The predicted molar refractivity (Wildman–Crippen MR) is 98.3 cm³/mol. The number of nitrogens with one attached hydrogen (secondary N) is 1. The highest BCUT2D eigenvalue weighted by Gasteiger charge is 2.17. The number of nitrogens with zero attached hydrogens (tertiary/aromatic N) is 3. The normalized spacial score (nSPS) is 10.6. The average molecular weight is 363 g/mol. The standard InChI is InChI=1S/C18H23ClN4O2/c1-5-20-16(24)11-22(6-2)18(25)14-7-9-15(10-8-14)23-13(4)17(19)12(3)21-23/h7-10H,5-6,11H2,1-4H3,(H,20,24). The molecule has 7 heteroatoms. The first kappa shape index (κ1) is 19.0. The van der Waals surface area contributed by atoms with Gasteiger partial charge in [-0.1, -0.05) is 11.6 Å². The molecule has 0 aliphatic heterocycles. The number of benzene rings is 1. The third-order valence-electron chi connectivity index (χ3n) is 3.94. The van der Waals surface area contributed by atoms with Crippen LogP contribution in [0, 0.1) is 13.8 Å². The number of amides is 2. The minimum atomic E-state index is -0.174. The summed E-state index contributed by atoms with van der Waals surface area (Å²) in [6.07, 6.45) is 0. The van der Waals surface area contributed by atoms with Crippen molar-refractivity contribution in [2.45, 2.75) is 27.7 Å². The van der Waals surface area contributed by atoms with Crippen LogP contribution < -0.4 is 5.32 Å². The fourth-order valence-corrected chi connectivity index (χ4v) is 2.67. The van der Waals surface area contributed by atoms with Crippen LogP contribution in [0.25, 0.3) is 5.69 Å². The van der Waals surface area contributed by atoms with E-state index in [0.717, 1.165) is 17.1 Å². The van der Waals surface area contributed by atoms with Crippen LogP contribution in [0.3, 0.4) is 0 Å². The third-order valence-corrected chi connectivity index (χ3v) is 4.49. The van der Waals surface area contributed by atoms with E-state index in [1.54, 1.807) is 16.8 Å². The second-order valence-electron chi connectivity index (χ2n) is 5.72. The van der Waals surface area contributed by atoms with E-state index in [1.807, 2.05) is 39.8 Å². The van der Waals surface area contributed by atoms with Crippen molar-refractivity contribution in [2.24, 2.45) is 0 Å². The van der Waals surface area contributed by atoms with Crippen molar-refractivity contribution in [3.05, 3.63) is 46.2 Å². The second-order valence-corrected chi connectivity index (χ2v) is 6.09. The van der Waals surface area contributed by atoms with Gasteiger partial charge in [0.15, 0.2) is 0 Å². The highest BCUT2D eigenvalue weighted by Crippen LogP contribution is 2.22. The lowest BCUT2D eigenvalue weighted by Gasteiger charge is -2.20. The third kappa shape index (κ3) is 4.20. The van der Waals surface area contributed by atoms with Gasteiger partial charge in [0.25, 0.3) is 5.91 Å². The first-order valence-electron chi connectivity index (χ1n) is 8.27. The molecule has 0 spiro atoms. The van der Waals surface area contributed by atoms with Gasteiger partial charge in [0, 0.05) is 18.7 Å². The van der Waals surface area contributed by atoms with Gasteiger partial charge in [0.05, 0.1) is 28.6 Å². The number of aromatic nitrogens is 2. The quantitative estimate of drug-likeness (QED) is 0.859. The molecule has 2 rings (SSSR count). The van der Waals surface area contributed by atoms with E-state index >= 15 is 0 Å². The summed E-state index contributed by atoms with van der Waals surface area (Å²) in [5.74, 6) is -0.335. The minimum absolute atomic E-state index is 0.0536. The summed E-state index contributed by atoms with van der Waals surface area (Å²) in [5.41, 5.74) is 2.97. The van der Waals surface area contributed by atoms with Crippen molar-refractivity contribution in [3.8, 4) is 5.69 Å². The zero-order chi connectivity index (χ0) is 18.6. The summed E-state index contributed by atoms with van der Waals surface area (Å²) < 4.78 is 1.75. The Labute approximate surface area is 152 Å². The van der Waals surface area contributed by atoms with Crippen molar-refractivity contribution in [3.63, 3.8) is 0 Å². The number of hydrogen-bond donors (Lipinski definition) is 1. The molecule has 0 aliphatic carbocycles. The molecule has 0 saturated carbocycles. The van der Waals surface area contributed by atoms with E-state index in [2.05, 4.69) is 10.4 Å². The number of likely N-dealkylation sites (N-methyl/N-ethyl adjacent to an activating group) is 2. The molecule has 2 amide bonds. The van der Waals surface area contributed by atoms with Crippen LogP contribution in [0.4, 0.5) is 0 Å².